The van der Waals surface area contributed by atoms with Gasteiger partial charge in [0.1, 0.15) is 0 Å². The molecular formula is C21H24N2O5S. The molecule has 4 rings (SSSR count). The molecule has 2 aromatic rings. The van der Waals surface area contributed by atoms with Crippen molar-refractivity contribution in [3.05, 3.63) is 35.9 Å². The Morgan fingerprint density at radius 2 is 1.93 bits per heavy atom. The molecule has 2 aliphatic rings. The van der Waals surface area contributed by atoms with Crippen molar-refractivity contribution in [2.75, 3.05) is 25.1 Å². The highest BCUT2D eigenvalue weighted by Crippen LogP contribution is 2.41. The van der Waals surface area contributed by atoms with Crippen LogP contribution in [0.3, 0.4) is 0 Å². The Hall–Kier alpha value is -2.45. The van der Waals surface area contributed by atoms with Gasteiger partial charge in [-0.1, -0.05) is 25.0 Å². The van der Waals surface area contributed by atoms with Crippen molar-refractivity contribution >= 4 is 38.4 Å². The Morgan fingerprint density at radius 1 is 1.21 bits per heavy atom. The second-order valence-corrected chi connectivity index (χ2v) is 9.40. The molecule has 1 amide bonds. The normalized spacial score (nSPS) is 17.9. The van der Waals surface area contributed by atoms with Gasteiger partial charge in [-0.15, -0.1) is 0 Å². The highest BCUT2D eigenvalue weighted by atomic mass is 32.2. The van der Waals surface area contributed by atoms with Gasteiger partial charge in [0, 0.05) is 29.4 Å². The molecule has 8 heteroatoms. The molecule has 0 bridgehead atoms. The van der Waals surface area contributed by atoms with Gasteiger partial charge in [0.05, 0.1) is 23.1 Å². The molecule has 2 aromatic carbocycles. The lowest BCUT2D eigenvalue weighted by atomic mass is 9.86. The monoisotopic (exact) mass is 416 g/mol. The Morgan fingerprint density at radius 3 is 2.59 bits per heavy atom. The number of nitrogens with one attached hydrogen (secondary N) is 1. The van der Waals surface area contributed by atoms with E-state index in [9.17, 15) is 18.0 Å². The lowest BCUT2D eigenvalue weighted by Gasteiger charge is -2.26. The third-order valence-corrected chi connectivity index (χ3v) is 7.59. The van der Waals surface area contributed by atoms with E-state index < -0.39 is 15.4 Å². The molecule has 7 nitrogen and oxygen atoms in total. The maximum Gasteiger partial charge on any atom is 0.313 e. The first-order valence-electron chi connectivity index (χ1n) is 9.80. The first-order valence-corrected chi connectivity index (χ1v) is 11.3. The number of sulfonamides is 1. The number of carbonyl (C=O) groups excluding carboxylic acids is 2. The zero-order valence-corrected chi connectivity index (χ0v) is 17.3. The van der Waals surface area contributed by atoms with Gasteiger partial charge >= 0.3 is 5.97 Å². The zero-order valence-electron chi connectivity index (χ0n) is 16.5. The summed E-state index contributed by atoms with van der Waals surface area (Å²) in [6.45, 7) is 2.40. The highest BCUT2D eigenvalue weighted by molar-refractivity contribution is 7.89. The predicted octanol–water partition coefficient (Wildman–Crippen LogP) is 2.83. The van der Waals surface area contributed by atoms with Gasteiger partial charge in [0.2, 0.25) is 10.0 Å². The molecule has 1 saturated carbocycles. The Bertz CT molecular complexity index is 1100. The van der Waals surface area contributed by atoms with Crippen molar-refractivity contribution in [2.45, 2.75) is 37.5 Å². The molecule has 0 saturated heterocycles. The average molecular weight is 416 g/mol. The number of benzene rings is 2. The molecule has 0 atom stereocenters. The molecule has 29 heavy (non-hydrogen) atoms. The molecule has 154 valence electrons. The van der Waals surface area contributed by atoms with Crippen molar-refractivity contribution < 1.29 is 22.7 Å². The fourth-order valence-corrected chi connectivity index (χ4v) is 5.93. The standard InChI is InChI=1S/C21H24N2O5S/c1-3-23-16-9-10-17(14-7-6-8-15(18(14)16)19(23)24)29(26,27)22-13-21(20(25)28-2)11-4-5-12-21/h6-10,22H,3-5,11-13H2,1-2H3. The van der Waals surface area contributed by atoms with E-state index in [4.69, 9.17) is 4.74 Å². The van der Waals surface area contributed by atoms with E-state index in [1.807, 2.05) is 6.92 Å². The highest BCUT2D eigenvalue weighted by Gasteiger charge is 2.43. The summed E-state index contributed by atoms with van der Waals surface area (Å²) in [5.41, 5.74) is 0.424. The Labute approximate surface area is 170 Å². The van der Waals surface area contributed by atoms with Crippen LogP contribution < -0.4 is 9.62 Å². The van der Waals surface area contributed by atoms with Crippen LogP contribution in [0.4, 0.5) is 5.69 Å². The molecule has 1 N–H and O–H groups in total. The summed E-state index contributed by atoms with van der Waals surface area (Å²) in [5, 5.41) is 1.17. The van der Waals surface area contributed by atoms with Crippen molar-refractivity contribution in [3.8, 4) is 0 Å². The third-order valence-electron chi connectivity index (χ3n) is 6.13. The van der Waals surface area contributed by atoms with Gasteiger partial charge in [-0.05, 0) is 38.0 Å². The van der Waals surface area contributed by atoms with Crippen LogP contribution in [0.1, 0.15) is 43.0 Å². The lowest BCUT2D eigenvalue weighted by Crippen LogP contribution is -2.42. The number of hydrogen-bond donors (Lipinski definition) is 1. The van der Waals surface area contributed by atoms with Gasteiger partial charge in [-0.25, -0.2) is 13.1 Å². The van der Waals surface area contributed by atoms with Crippen LogP contribution >= 0.6 is 0 Å². The Kier molecular flexibility index (Phi) is 4.86. The molecule has 1 heterocycles. The third kappa shape index (κ3) is 3.02. The van der Waals surface area contributed by atoms with Gasteiger partial charge in [-0.2, -0.15) is 0 Å². The molecule has 1 aliphatic carbocycles. The van der Waals surface area contributed by atoms with Crippen molar-refractivity contribution in [1.82, 2.24) is 4.72 Å². The maximum absolute atomic E-state index is 13.2. The average Bonchev–Trinajstić information content (AvgIpc) is 3.31. The number of nitrogens with zero attached hydrogens (tertiary/aromatic N) is 1. The summed E-state index contributed by atoms with van der Waals surface area (Å²) >= 11 is 0. The van der Waals surface area contributed by atoms with E-state index in [2.05, 4.69) is 4.72 Å². The Balaban J connectivity index is 1.73. The lowest BCUT2D eigenvalue weighted by molar-refractivity contribution is -0.152. The summed E-state index contributed by atoms with van der Waals surface area (Å²) < 4.78 is 33.9. The first kappa shape index (κ1) is 19.8. The molecule has 0 unspecified atom stereocenters. The minimum Gasteiger partial charge on any atom is -0.469 e. The quantitative estimate of drug-likeness (QED) is 0.731. The number of esters is 1. The second kappa shape index (κ2) is 7.11. The molecule has 1 fully saturated rings. The van der Waals surface area contributed by atoms with Gasteiger partial charge in [0.15, 0.2) is 0 Å². The minimum absolute atomic E-state index is 0.00492. The summed E-state index contributed by atoms with van der Waals surface area (Å²) in [5.74, 6) is -0.492. The van der Waals surface area contributed by atoms with Crippen molar-refractivity contribution in [1.29, 1.82) is 0 Å². The van der Waals surface area contributed by atoms with E-state index in [1.165, 1.54) is 13.2 Å². The maximum atomic E-state index is 13.2. The molecule has 0 radical (unpaired) electrons. The number of ether oxygens (including phenoxy) is 1. The number of amides is 1. The molecule has 0 spiro atoms. The predicted molar refractivity (Wildman–Crippen MR) is 109 cm³/mol. The van der Waals surface area contributed by atoms with Crippen LogP contribution in [0.2, 0.25) is 0 Å². The second-order valence-electron chi connectivity index (χ2n) is 7.66. The van der Waals surface area contributed by atoms with Crippen LogP contribution in [0.5, 0.6) is 0 Å². The van der Waals surface area contributed by atoms with Crippen molar-refractivity contribution in [2.24, 2.45) is 5.41 Å². The molecule has 0 aromatic heterocycles. The smallest absolute Gasteiger partial charge is 0.313 e. The van der Waals surface area contributed by atoms with E-state index in [0.29, 0.717) is 35.7 Å². The zero-order chi connectivity index (χ0) is 20.8. The van der Waals surface area contributed by atoms with E-state index in [0.717, 1.165) is 18.5 Å². The summed E-state index contributed by atoms with van der Waals surface area (Å²) in [4.78, 5) is 26.7. The van der Waals surface area contributed by atoms with Crippen molar-refractivity contribution in [3.63, 3.8) is 0 Å². The van der Waals surface area contributed by atoms with Crippen LogP contribution in [0, 0.1) is 5.41 Å². The van der Waals surface area contributed by atoms with Crippen LogP contribution in [0.25, 0.3) is 10.8 Å². The summed E-state index contributed by atoms with van der Waals surface area (Å²) in [6.07, 6.45) is 2.94. The fraction of sp³-hybridized carbons (Fsp3) is 0.429. The SMILES string of the molecule is CCN1C(=O)c2cccc3c(S(=O)(=O)NCC4(C(=O)OC)CCCC4)ccc1c23. The van der Waals surface area contributed by atoms with E-state index in [1.54, 1.807) is 29.2 Å². The van der Waals surface area contributed by atoms with Crippen LogP contribution in [-0.2, 0) is 19.6 Å². The van der Waals surface area contributed by atoms with Gasteiger partial charge in [0.25, 0.3) is 5.91 Å². The first-order chi connectivity index (χ1) is 13.8. The topological polar surface area (TPSA) is 92.8 Å². The van der Waals surface area contributed by atoms with Crippen LogP contribution in [0.15, 0.2) is 35.2 Å². The molecule has 1 aliphatic heterocycles. The van der Waals surface area contributed by atoms with E-state index >= 15 is 0 Å². The van der Waals surface area contributed by atoms with E-state index in [-0.39, 0.29) is 23.3 Å². The fourth-order valence-electron chi connectivity index (χ4n) is 4.60. The summed E-state index contributed by atoms with van der Waals surface area (Å²) in [7, 11) is -2.56. The van der Waals surface area contributed by atoms with Gasteiger partial charge < -0.3 is 9.64 Å². The number of rotatable bonds is 6. The summed E-state index contributed by atoms with van der Waals surface area (Å²) in [6, 6.07) is 8.35. The largest absolute Gasteiger partial charge is 0.469 e. The number of methoxy groups -OCH3 is 1. The molecular weight excluding hydrogens is 392 g/mol. The van der Waals surface area contributed by atoms with Gasteiger partial charge in [-0.3, -0.25) is 9.59 Å². The van der Waals surface area contributed by atoms with Crippen LogP contribution in [-0.4, -0.2) is 40.5 Å². The minimum atomic E-state index is -3.89. The number of anilines is 1. The number of hydrogen-bond acceptors (Lipinski definition) is 5. The number of carbonyl (C=O) groups is 2.